The molecular weight excluding hydrogens is 263 g/mol. The third kappa shape index (κ3) is 2.92. The van der Waals surface area contributed by atoms with Crippen molar-refractivity contribution >= 4 is 40.1 Å². The first-order chi connectivity index (χ1) is 8.16. The van der Waals surface area contributed by atoms with E-state index in [9.17, 15) is 4.39 Å². The first kappa shape index (κ1) is 11.8. The number of hydrogen-bond acceptors (Lipinski definition) is 5. The minimum atomic E-state index is -0.502. The van der Waals surface area contributed by atoms with E-state index in [1.54, 1.807) is 17.5 Å². The van der Waals surface area contributed by atoms with Gasteiger partial charge >= 0.3 is 0 Å². The minimum Gasteiger partial charge on any atom is -0.383 e. The molecule has 0 saturated carbocycles. The van der Waals surface area contributed by atoms with Crippen molar-refractivity contribution in [1.82, 2.24) is 4.98 Å². The predicted octanol–water partition coefficient (Wildman–Crippen LogP) is 2.96. The van der Waals surface area contributed by atoms with Crippen LogP contribution in [0.4, 0.5) is 15.3 Å². The van der Waals surface area contributed by atoms with Crippen LogP contribution in [0.15, 0.2) is 28.7 Å². The van der Waals surface area contributed by atoms with Crippen LogP contribution in [0.3, 0.4) is 0 Å². The Hall–Kier alpha value is -1.66. The van der Waals surface area contributed by atoms with E-state index in [4.69, 9.17) is 17.3 Å². The number of thiazole rings is 1. The van der Waals surface area contributed by atoms with E-state index in [1.165, 1.54) is 23.6 Å². The molecule has 0 bridgehead atoms. The number of nitrogen functional groups attached to an aromatic ring is 1. The summed E-state index contributed by atoms with van der Waals surface area (Å²) in [4.78, 5) is 3.93. The molecule has 0 atom stereocenters. The number of aromatic nitrogens is 1. The molecule has 7 heteroatoms. The fraction of sp³-hybridized carbons (Fsp3) is 0. The number of hydrazone groups is 1. The quantitative estimate of drug-likeness (QED) is 0.666. The lowest BCUT2D eigenvalue weighted by Gasteiger charge is -1.98. The Kier molecular flexibility index (Phi) is 3.55. The number of rotatable bonds is 3. The number of halogens is 2. The maximum absolute atomic E-state index is 13.4. The molecule has 1 heterocycles. The van der Waals surface area contributed by atoms with Crippen molar-refractivity contribution in [3.05, 3.63) is 40.0 Å². The van der Waals surface area contributed by atoms with Crippen LogP contribution in [0.5, 0.6) is 0 Å². The maximum atomic E-state index is 13.4. The van der Waals surface area contributed by atoms with Crippen LogP contribution < -0.4 is 11.2 Å². The zero-order valence-corrected chi connectivity index (χ0v) is 10.1. The van der Waals surface area contributed by atoms with Gasteiger partial charge in [0.1, 0.15) is 5.82 Å². The van der Waals surface area contributed by atoms with Crippen LogP contribution in [0, 0.1) is 5.82 Å². The molecule has 1 aromatic carbocycles. The molecule has 0 saturated heterocycles. The number of anilines is 2. The van der Waals surface area contributed by atoms with E-state index < -0.39 is 5.82 Å². The third-order valence-corrected chi connectivity index (χ3v) is 2.92. The molecule has 4 nitrogen and oxygen atoms in total. The highest BCUT2D eigenvalue weighted by Gasteiger charge is 2.03. The second-order valence-corrected chi connectivity index (χ2v) is 4.36. The Morgan fingerprint density at radius 2 is 2.35 bits per heavy atom. The summed E-state index contributed by atoms with van der Waals surface area (Å²) in [6, 6.07) is 4.69. The highest BCUT2D eigenvalue weighted by molar-refractivity contribution is 7.14. The number of benzene rings is 1. The van der Waals surface area contributed by atoms with Crippen LogP contribution in [-0.2, 0) is 0 Å². The van der Waals surface area contributed by atoms with Crippen molar-refractivity contribution in [2.45, 2.75) is 0 Å². The standard InChI is InChI=1S/C10H8ClFN4S/c11-7-3-1-2-6(9(7)12)4-14-16-10-15-8(13)5-17-10/h1-5H,13H2,(H,15,16). The summed E-state index contributed by atoms with van der Waals surface area (Å²) in [5.74, 6) is -0.0833. The van der Waals surface area contributed by atoms with E-state index in [2.05, 4.69) is 15.5 Å². The van der Waals surface area contributed by atoms with Gasteiger partial charge in [0.15, 0.2) is 5.82 Å². The van der Waals surface area contributed by atoms with Gasteiger partial charge in [-0.05, 0) is 6.07 Å². The molecular formula is C10H8ClFN4S. The van der Waals surface area contributed by atoms with Crippen molar-refractivity contribution in [2.24, 2.45) is 5.10 Å². The molecule has 0 radical (unpaired) electrons. The third-order valence-electron chi connectivity index (χ3n) is 1.87. The number of nitrogens with two attached hydrogens (primary N) is 1. The summed E-state index contributed by atoms with van der Waals surface area (Å²) < 4.78 is 13.4. The summed E-state index contributed by atoms with van der Waals surface area (Å²) in [7, 11) is 0. The summed E-state index contributed by atoms with van der Waals surface area (Å²) in [6.45, 7) is 0. The lowest BCUT2D eigenvalue weighted by atomic mass is 10.2. The molecule has 0 fully saturated rings. The molecule has 2 aromatic rings. The van der Waals surface area contributed by atoms with Gasteiger partial charge in [0.2, 0.25) is 5.13 Å². The van der Waals surface area contributed by atoms with Gasteiger partial charge in [-0.2, -0.15) is 5.10 Å². The van der Waals surface area contributed by atoms with Crippen LogP contribution in [0.25, 0.3) is 0 Å². The zero-order valence-electron chi connectivity index (χ0n) is 8.52. The molecule has 0 aliphatic rings. The van der Waals surface area contributed by atoms with Gasteiger partial charge in [-0.15, -0.1) is 11.3 Å². The Bertz CT molecular complexity index is 555. The van der Waals surface area contributed by atoms with Crippen molar-refractivity contribution in [3.63, 3.8) is 0 Å². The second-order valence-electron chi connectivity index (χ2n) is 3.09. The smallest absolute Gasteiger partial charge is 0.205 e. The SMILES string of the molecule is Nc1csc(NN=Cc2cccc(Cl)c2F)n1. The molecule has 0 spiro atoms. The van der Waals surface area contributed by atoms with E-state index in [0.717, 1.165) is 0 Å². The molecule has 0 aliphatic carbocycles. The lowest BCUT2D eigenvalue weighted by molar-refractivity contribution is 0.626. The molecule has 2 rings (SSSR count). The van der Waals surface area contributed by atoms with Crippen LogP contribution in [0.2, 0.25) is 5.02 Å². The molecule has 0 amide bonds. The molecule has 17 heavy (non-hydrogen) atoms. The van der Waals surface area contributed by atoms with Gasteiger partial charge in [-0.3, -0.25) is 5.43 Å². The largest absolute Gasteiger partial charge is 0.383 e. The highest BCUT2D eigenvalue weighted by Crippen LogP contribution is 2.18. The van der Waals surface area contributed by atoms with E-state index in [-0.39, 0.29) is 5.02 Å². The number of nitrogens with zero attached hydrogens (tertiary/aromatic N) is 2. The van der Waals surface area contributed by atoms with Gasteiger partial charge in [-0.1, -0.05) is 23.7 Å². The van der Waals surface area contributed by atoms with Gasteiger partial charge in [0.05, 0.1) is 11.2 Å². The lowest BCUT2D eigenvalue weighted by Crippen LogP contribution is -1.93. The van der Waals surface area contributed by atoms with Gasteiger partial charge in [-0.25, -0.2) is 9.37 Å². The molecule has 0 aliphatic heterocycles. The Balaban J connectivity index is 2.08. The maximum Gasteiger partial charge on any atom is 0.205 e. The monoisotopic (exact) mass is 270 g/mol. The summed E-state index contributed by atoms with van der Waals surface area (Å²) in [5.41, 5.74) is 8.38. The summed E-state index contributed by atoms with van der Waals surface area (Å²) >= 11 is 6.94. The van der Waals surface area contributed by atoms with E-state index >= 15 is 0 Å². The highest BCUT2D eigenvalue weighted by atomic mass is 35.5. The van der Waals surface area contributed by atoms with Crippen LogP contribution in [0.1, 0.15) is 5.56 Å². The average molecular weight is 271 g/mol. The molecule has 3 N–H and O–H groups in total. The van der Waals surface area contributed by atoms with Crippen molar-refractivity contribution < 1.29 is 4.39 Å². The Morgan fingerprint density at radius 3 is 3.06 bits per heavy atom. The van der Waals surface area contributed by atoms with Crippen molar-refractivity contribution in [3.8, 4) is 0 Å². The first-order valence-electron chi connectivity index (χ1n) is 4.61. The Morgan fingerprint density at radius 1 is 1.53 bits per heavy atom. The molecule has 1 aromatic heterocycles. The minimum absolute atomic E-state index is 0.0624. The van der Waals surface area contributed by atoms with E-state index in [1.807, 2.05) is 0 Å². The van der Waals surface area contributed by atoms with Gasteiger partial charge < -0.3 is 5.73 Å². The molecule has 0 unspecified atom stereocenters. The zero-order chi connectivity index (χ0) is 12.3. The van der Waals surface area contributed by atoms with Crippen LogP contribution in [-0.4, -0.2) is 11.2 Å². The number of hydrogen-bond donors (Lipinski definition) is 2. The van der Waals surface area contributed by atoms with Crippen LogP contribution >= 0.6 is 22.9 Å². The number of nitrogens with one attached hydrogen (secondary N) is 1. The predicted molar refractivity (Wildman–Crippen MR) is 69.2 cm³/mol. The Labute approximate surface area is 106 Å². The van der Waals surface area contributed by atoms with E-state index in [0.29, 0.717) is 16.5 Å². The summed E-state index contributed by atoms with van der Waals surface area (Å²) in [6.07, 6.45) is 1.33. The van der Waals surface area contributed by atoms with Crippen molar-refractivity contribution in [1.29, 1.82) is 0 Å². The fourth-order valence-electron chi connectivity index (χ4n) is 1.11. The fourth-order valence-corrected chi connectivity index (χ4v) is 1.85. The van der Waals surface area contributed by atoms with Gasteiger partial charge in [0.25, 0.3) is 0 Å². The van der Waals surface area contributed by atoms with Gasteiger partial charge in [0, 0.05) is 10.9 Å². The van der Waals surface area contributed by atoms with Crippen molar-refractivity contribution in [2.75, 3.05) is 11.2 Å². The topological polar surface area (TPSA) is 63.3 Å². The average Bonchev–Trinajstić information content (AvgIpc) is 2.70. The molecule has 88 valence electrons. The first-order valence-corrected chi connectivity index (χ1v) is 5.86. The normalized spacial score (nSPS) is 10.9. The summed E-state index contributed by atoms with van der Waals surface area (Å²) in [5, 5.41) is 6.13. The second kappa shape index (κ2) is 5.11.